The van der Waals surface area contributed by atoms with Gasteiger partial charge in [0.15, 0.2) is 0 Å². The van der Waals surface area contributed by atoms with Crippen LogP contribution in [0.1, 0.15) is 156 Å². The van der Waals surface area contributed by atoms with E-state index in [1.807, 2.05) is 40.7 Å². The maximum Gasteiger partial charge on any atom is 0.328 e. The van der Waals surface area contributed by atoms with E-state index in [4.69, 9.17) is 50.5 Å². The first-order valence-corrected chi connectivity index (χ1v) is 31.6. The van der Waals surface area contributed by atoms with Gasteiger partial charge in [-0.05, 0) is 122 Å². The van der Waals surface area contributed by atoms with Crippen molar-refractivity contribution >= 4 is 76.5 Å². The quantitative estimate of drug-likeness (QED) is 0.0231. The summed E-state index contributed by atoms with van der Waals surface area (Å²) in [5, 5.41) is 23.0. The Morgan fingerprint density at radius 3 is 2.27 bits per heavy atom. The molecular formula is C66H96ClN7O17. The second-order valence-electron chi connectivity index (χ2n) is 25.2. The average Bonchev–Trinajstić information content (AvgIpc) is 1.58. The van der Waals surface area contributed by atoms with Gasteiger partial charge in [0.1, 0.15) is 69.8 Å². The van der Waals surface area contributed by atoms with Crippen LogP contribution in [0.3, 0.4) is 0 Å². The molecule has 0 radical (unpaired) electrons. The number of nitrogens with zero attached hydrogens (tertiary/aromatic N) is 2. The van der Waals surface area contributed by atoms with Crippen LogP contribution in [-0.2, 0) is 63.7 Å². The Balaban J connectivity index is 1.39. The van der Waals surface area contributed by atoms with E-state index in [0.717, 1.165) is 16.0 Å². The molecule has 0 saturated carbocycles. The number of esters is 3. The highest BCUT2D eigenvalue weighted by molar-refractivity contribution is 6.35. The minimum atomic E-state index is -1.69. The van der Waals surface area contributed by atoms with Gasteiger partial charge in [0.2, 0.25) is 23.6 Å². The van der Waals surface area contributed by atoms with Crippen molar-refractivity contribution in [1.29, 1.82) is 0 Å². The molecule has 2 aromatic rings. The Bertz CT molecular complexity index is 3020. The molecule has 2 fully saturated rings. The van der Waals surface area contributed by atoms with Gasteiger partial charge in [0, 0.05) is 52.6 Å². The standard InChI is InChI=1S/C66H96ClN7O17/c1-16-42(17-2)62(82)91-64(8,9)28-19-18-25-52(75)72-56(37(3)4)59(79)70-45(23-21-29-69-63(68)83)58(78)71-46-33-43(85-13)26-27-44(46)60(80)73(11)40(7)61(81)89-51-34-53(76)74(12)47-31-41(32-48(86-14)55(47)67)30-38(5)22-20-24-50(87-15)66(84)35-49(88-54(77)36-66)39(6)57-65(51,10)90-57/h20,22,24,26-27,31-33,37,39-40,42,45,49-51,56-57,84H,16-19,21,23,25,28-30,34-36H2,1-15H3,(H,70,79)(H,71,78)(H,72,75)(H3,68,69,83)/b24-20+,38-22+/t39-,40?,45+,49+,50-,51+,56+,57+,65+,66-/m1/s1. The fourth-order valence-electron chi connectivity index (χ4n) is 11.5. The van der Waals surface area contributed by atoms with Gasteiger partial charge in [-0.3, -0.25) is 33.6 Å². The molecule has 0 aromatic heterocycles. The second kappa shape index (κ2) is 32.8. The average molecular weight is 1290 g/mol. The van der Waals surface area contributed by atoms with Crippen LogP contribution in [-0.4, -0.2) is 165 Å². The molecule has 4 bridgehead atoms. The number of methoxy groups -OCH3 is 3. The summed E-state index contributed by atoms with van der Waals surface area (Å²) in [7, 11) is 7.13. The van der Waals surface area contributed by atoms with Gasteiger partial charge in [-0.15, -0.1) is 0 Å². The molecule has 7 amide bonds. The zero-order chi connectivity index (χ0) is 67.9. The van der Waals surface area contributed by atoms with Crippen LogP contribution in [0.4, 0.5) is 16.2 Å². The number of carbonyl (C=O) groups is 9. The smallest absolute Gasteiger partial charge is 0.328 e. The van der Waals surface area contributed by atoms with Crippen molar-refractivity contribution in [3.05, 3.63) is 70.3 Å². The predicted octanol–water partition coefficient (Wildman–Crippen LogP) is 7.42. The maximum absolute atomic E-state index is 14.8. The molecule has 2 aromatic carbocycles. The van der Waals surface area contributed by atoms with Gasteiger partial charge in [-0.2, -0.15) is 0 Å². The molecule has 0 spiro atoms. The Kier molecular flexibility index (Phi) is 26.9. The Morgan fingerprint density at radius 1 is 0.956 bits per heavy atom. The van der Waals surface area contributed by atoms with Crippen molar-refractivity contribution in [2.24, 2.45) is 23.5 Å². The van der Waals surface area contributed by atoms with Crippen molar-refractivity contribution in [2.45, 2.75) is 206 Å². The lowest BCUT2D eigenvalue weighted by molar-refractivity contribution is -0.187. The number of epoxide rings is 1. The van der Waals surface area contributed by atoms with Crippen LogP contribution in [0.2, 0.25) is 5.02 Å². The van der Waals surface area contributed by atoms with Gasteiger partial charge < -0.3 is 75.1 Å². The molecule has 5 rings (SSSR count). The fourth-order valence-corrected chi connectivity index (χ4v) is 11.8. The summed E-state index contributed by atoms with van der Waals surface area (Å²) >= 11 is 6.89. The molecule has 3 aliphatic rings. The summed E-state index contributed by atoms with van der Waals surface area (Å²) in [5.74, 6) is -5.80. The van der Waals surface area contributed by atoms with Crippen molar-refractivity contribution in [3.8, 4) is 11.5 Å². The van der Waals surface area contributed by atoms with Crippen LogP contribution < -0.4 is 41.4 Å². The molecule has 1 unspecified atom stereocenters. The summed E-state index contributed by atoms with van der Waals surface area (Å²) in [6, 6.07) is 3.17. The number of fused-ring (bicyclic) bond motifs is 5. The van der Waals surface area contributed by atoms with E-state index in [0.29, 0.717) is 50.0 Å². The third kappa shape index (κ3) is 19.9. The number of unbranched alkanes of at least 4 members (excludes halogenated alkanes) is 1. The molecular weight excluding hydrogens is 1200 g/mol. The fraction of sp³-hybridized carbons (Fsp3) is 0.621. The number of allylic oxidation sites excluding steroid dienone is 3. The highest BCUT2D eigenvalue weighted by atomic mass is 35.5. The summed E-state index contributed by atoms with van der Waals surface area (Å²) < 4.78 is 41.2. The Hall–Kier alpha value is -7.28. The monoisotopic (exact) mass is 1290 g/mol. The van der Waals surface area contributed by atoms with E-state index in [1.165, 1.54) is 65.4 Å². The maximum atomic E-state index is 14.8. The van der Waals surface area contributed by atoms with E-state index in [1.54, 1.807) is 52.0 Å². The summed E-state index contributed by atoms with van der Waals surface area (Å²) in [6.45, 7) is 17.8. The van der Waals surface area contributed by atoms with E-state index >= 15 is 0 Å². The number of nitrogens with two attached hydrogens (primary N) is 1. The zero-order valence-corrected chi connectivity index (χ0v) is 56.2. The van der Waals surface area contributed by atoms with Gasteiger partial charge in [-0.1, -0.05) is 70.0 Å². The molecule has 0 aliphatic carbocycles. The lowest BCUT2D eigenvalue weighted by atomic mass is 9.78. The summed E-state index contributed by atoms with van der Waals surface area (Å²) in [6.07, 6.45) is 3.85. The van der Waals surface area contributed by atoms with E-state index in [2.05, 4.69) is 21.3 Å². The number of nitrogens with one attached hydrogen (secondary N) is 4. The number of hydrogen-bond acceptors (Lipinski definition) is 17. The number of primary amides is 1. The van der Waals surface area contributed by atoms with Gasteiger partial charge in [0.25, 0.3) is 5.91 Å². The summed E-state index contributed by atoms with van der Waals surface area (Å²) in [4.78, 5) is 126. The van der Waals surface area contributed by atoms with Gasteiger partial charge in [-0.25, -0.2) is 9.59 Å². The SMILES string of the molecule is CCC(CC)C(=O)OC(C)(C)CCCCC(=O)N[C@H](C(=O)N[C@@H](CCCNC(N)=O)C(=O)Nc1cc(OC)ccc1C(=O)N(C)C(C)C(=O)O[C@H]1CC(=O)N(C)c2cc(cc(OC)c2Cl)C/C(C)=C/C=C/[C@@H](OC)[C@]2(O)CC(=O)O[C@@H](C2)[C@@H](C)[C@@H]2O[C@@]12C)C(C)C. The number of halogens is 1. The topological polar surface area (TPSA) is 322 Å². The molecule has 3 heterocycles. The molecule has 24 nitrogen and oxygen atoms in total. The molecule has 10 atom stereocenters. The normalized spacial score (nSPS) is 23.8. The van der Waals surface area contributed by atoms with Gasteiger partial charge >= 0.3 is 23.9 Å². The highest BCUT2D eigenvalue weighted by Crippen LogP contribution is 2.50. The molecule has 25 heteroatoms. The van der Waals surface area contributed by atoms with Crippen molar-refractivity contribution < 1.29 is 81.4 Å². The first kappa shape index (κ1) is 74.4. The Morgan fingerprint density at radius 2 is 1.65 bits per heavy atom. The summed E-state index contributed by atoms with van der Waals surface area (Å²) in [5.41, 5.74) is 3.23. The molecule has 3 aliphatic heterocycles. The third-order valence-electron chi connectivity index (χ3n) is 17.4. The van der Waals surface area contributed by atoms with Crippen LogP contribution >= 0.6 is 11.6 Å². The van der Waals surface area contributed by atoms with Crippen LogP contribution in [0.15, 0.2) is 54.1 Å². The number of aliphatic hydroxyl groups is 1. The number of hydrogen-bond donors (Lipinski definition) is 6. The van der Waals surface area contributed by atoms with Crippen molar-refractivity contribution in [2.75, 3.05) is 52.2 Å². The molecule has 2 saturated heterocycles. The number of carbonyl (C=O) groups excluding carboxylic acids is 9. The molecule has 7 N–H and O–H groups in total. The van der Waals surface area contributed by atoms with Crippen LogP contribution in [0, 0.1) is 17.8 Å². The lowest BCUT2D eigenvalue weighted by Crippen LogP contribution is -2.54. The van der Waals surface area contributed by atoms with Crippen LogP contribution in [0.25, 0.3) is 0 Å². The first-order chi connectivity index (χ1) is 42.8. The van der Waals surface area contributed by atoms with Crippen molar-refractivity contribution in [1.82, 2.24) is 20.9 Å². The van der Waals surface area contributed by atoms with Crippen LogP contribution in [0.5, 0.6) is 11.5 Å². The third-order valence-corrected chi connectivity index (χ3v) is 17.8. The number of benzene rings is 2. The van der Waals surface area contributed by atoms with E-state index in [9.17, 15) is 48.3 Å². The highest BCUT2D eigenvalue weighted by Gasteiger charge is 2.64. The Labute approximate surface area is 539 Å². The largest absolute Gasteiger partial charge is 0.497 e. The minimum absolute atomic E-state index is 0.0359. The number of likely N-dealkylation sites (N-methyl/N-ethyl adjacent to an activating group) is 1. The minimum Gasteiger partial charge on any atom is -0.497 e. The number of anilines is 2. The predicted molar refractivity (Wildman–Crippen MR) is 341 cm³/mol. The number of urea groups is 1. The number of rotatable bonds is 26. The second-order valence-corrected chi connectivity index (χ2v) is 25.6. The number of amides is 7. The van der Waals surface area contributed by atoms with Gasteiger partial charge in [0.05, 0.1) is 56.0 Å². The molecule has 504 valence electrons. The van der Waals surface area contributed by atoms with Crippen molar-refractivity contribution in [3.63, 3.8) is 0 Å². The first-order valence-electron chi connectivity index (χ1n) is 31.2. The molecule has 91 heavy (non-hydrogen) atoms. The zero-order valence-electron chi connectivity index (χ0n) is 55.4. The van der Waals surface area contributed by atoms with E-state index < -0.39 is 125 Å². The van der Waals surface area contributed by atoms with E-state index in [-0.39, 0.29) is 72.6 Å². The lowest BCUT2D eigenvalue weighted by Gasteiger charge is -2.41. The number of ether oxygens (including phenoxy) is 7.